The molecule has 0 bridgehead atoms. The van der Waals surface area contributed by atoms with E-state index in [1.807, 2.05) is 0 Å². The summed E-state index contributed by atoms with van der Waals surface area (Å²) >= 11 is 0. The summed E-state index contributed by atoms with van der Waals surface area (Å²) in [7, 11) is 0. The molecule has 66 valence electrons. The number of Topliss-reactive ketones (excluding diaryl/α,β-unsaturated/α-hetero) is 2. The molecule has 0 aliphatic rings. The summed E-state index contributed by atoms with van der Waals surface area (Å²) in [4.78, 5) is 27.7. The standard InChI is InChI=1S/2C3H6O.C2H4O/c2*1-3(2)4;1-2-3/h2*1-2H3;2H,1H3. The zero-order chi connectivity index (χ0) is 9.86. The van der Waals surface area contributed by atoms with Gasteiger partial charge in [0.1, 0.15) is 17.9 Å². The van der Waals surface area contributed by atoms with Crippen LogP contribution in [0.15, 0.2) is 0 Å². The number of hydrogen-bond donors (Lipinski definition) is 0. The summed E-state index contributed by atoms with van der Waals surface area (Å²) in [5, 5.41) is 0. The molecular weight excluding hydrogens is 144 g/mol. The third-order valence-electron chi connectivity index (χ3n) is 0. The Balaban J connectivity index is -0.0000000886. The van der Waals surface area contributed by atoms with Crippen LogP contribution in [0.25, 0.3) is 0 Å². The Bertz CT molecular complexity index is 96.5. The van der Waals surface area contributed by atoms with Crippen molar-refractivity contribution in [3.05, 3.63) is 0 Å². The van der Waals surface area contributed by atoms with Crippen LogP contribution in [-0.4, -0.2) is 17.9 Å². The maximum atomic E-state index is 9.44. The molecule has 3 heteroatoms. The molecule has 0 aliphatic carbocycles. The van der Waals surface area contributed by atoms with Crippen molar-refractivity contribution in [2.45, 2.75) is 34.6 Å². The molecule has 0 aromatic carbocycles. The second kappa shape index (κ2) is 16.0. The highest BCUT2D eigenvalue weighted by Gasteiger charge is 1.62. The van der Waals surface area contributed by atoms with Gasteiger partial charge in [0.25, 0.3) is 0 Å². The number of rotatable bonds is 0. The van der Waals surface area contributed by atoms with Gasteiger partial charge in [-0.2, -0.15) is 0 Å². The monoisotopic (exact) mass is 160 g/mol. The lowest BCUT2D eigenvalue weighted by atomic mass is 10.6. The van der Waals surface area contributed by atoms with Gasteiger partial charge in [-0.15, -0.1) is 0 Å². The van der Waals surface area contributed by atoms with E-state index in [1.165, 1.54) is 34.6 Å². The van der Waals surface area contributed by atoms with Crippen molar-refractivity contribution in [3.8, 4) is 0 Å². The lowest BCUT2D eigenvalue weighted by molar-refractivity contribution is -0.115. The molecule has 0 amide bonds. The molecule has 0 aromatic rings. The van der Waals surface area contributed by atoms with Gasteiger partial charge in [-0.25, -0.2) is 0 Å². The average Bonchev–Trinajstić information content (AvgIpc) is 1.60. The van der Waals surface area contributed by atoms with Crippen LogP contribution in [-0.2, 0) is 14.4 Å². The van der Waals surface area contributed by atoms with Gasteiger partial charge in [0, 0.05) is 0 Å². The molecule has 0 radical (unpaired) electrons. The summed E-state index contributed by atoms with van der Waals surface area (Å²) in [6.07, 6.45) is 0.750. The molecule has 0 heterocycles. The Morgan fingerprint density at radius 2 is 0.909 bits per heavy atom. The first-order valence-electron chi connectivity index (χ1n) is 3.22. The highest BCUT2D eigenvalue weighted by Crippen LogP contribution is 1.50. The number of carbonyl (C=O) groups is 3. The molecule has 11 heavy (non-hydrogen) atoms. The van der Waals surface area contributed by atoms with Gasteiger partial charge >= 0.3 is 0 Å². The molecule has 0 atom stereocenters. The van der Waals surface area contributed by atoms with Crippen LogP contribution >= 0.6 is 0 Å². The van der Waals surface area contributed by atoms with Crippen LogP contribution in [0.5, 0.6) is 0 Å². The van der Waals surface area contributed by atoms with Gasteiger partial charge in [-0.1, -0.05) is 0 Å². The maximum absolute atomic E-state index is 9.44. The van der Waals surface area contributed by atoms with Crippen LogP contribution in [0.2, 0.25) is 0 Å². The fourth-order valence-electron chi connectivity index (χ4n) is 0. The van der Waals surface area contributed by atoms with E-state index in [1.54, 1.807) is 0 Å². The fourth-order valence-corrected chi connectivity index (χ4v) is 0. The second-order valence-corrected chi connectivity index (χ2v) is 2.05. The molecular formula is C8H16O3. The Hall–Kier alpha value is -0.990. The normalized spacial score (nSPS) is 5.91. The van der Waals surface area contributed by atoms with Crippen LogP contribution in [0.1, 0.15) is 34.6 Å². The lowest BCUT2D eigenvalue weighted by Crippen LogP contribution is -1.69. The topological polar surface area (TPSA) is 51.2 Å². The average molecular weight is 160 g/mol. The van der Waals surface area contributed by atoms with Gasteiger partial charge in [0.05, 0.1) is 0 Å². The molecule has 0 aliphatic heterocycles. The third-order valence-corrected chi connectivity index (χ3v) is 0. The van der Waals surface area contributed by atoms with E-state index in [4.69, 9.17) is 4.79 Å². The lowest BCUT2D eigenvalue weighted by Gasteiger charge is -1.56. The summed E-state index contributed by atoms with van der Waals surface area (Å²) in [5.41, 5.74) is 0. The molecule has 0 saturated carbocycles. The van der Waals surface area contributed by atoms with Crippen molar-refractivity contribution in [1.29, 1.82) is 0 Å². The zero-order valence-electron chi connectivity index (χ0n) is 7.80. The van der Waals surface area contributed by atoms with Crippen molar-refractivity contribution in [1.82, 2.24) is 0 Å². The Kier molecular flexibility index (Phi) is 24.1. The van der Waals surface area contributed by atoms with Crippen LogP contribution in [0.4, 0.5) is 0 Å². The maximum Gasteiger partial charge on any atom is 0.126 e. The van der Waals surface area contributed by atoms with Crippen molar-refractivity contribution in [2.24, 2.45) is 0 Å². The number of ketones is 2. The van der Waals surface area contributed by atoms with E-state index in [-0.39, 0.29) is 11.6 Å². The SMILES string of the molecule is CC(C)=O.CC(C)=O.CC=O. The first-order valence-corrected chi connectivity index (χ1v) is 3.22. The smallest absolute Gasteiger partial charge is 0.126 e. The van der Waals surface area contributed by atoms with E-state index >= 15 is 0 Å². The number of carbonyl (C=O) groups excluding carboxylic acids is 3. The van der Waals surface area contributed by atoms with Crippen molar-refractivity contribution >= 4 is 17.9 Å². The highest BCUT2D eigenvalue weighted by molar-refractivity contribution is 5.72. The van der Waals surface area contributed by atoms with Crippen LogP contribution < -0.4 is 0 Å². The fraction of sp³-hybridized carbons (Fsp3) is 0.625. The largest absolute Gasteiger partial charge is 0.304 e. The summed E-state index contributed by atoms with van der Waals surface area (Å²) in [5.74, 6) is 0.333. The first-order chi connectivity index (χ1) is 4.88. The Morgan fingerprint density at radius 3 is 0.909 bits per heavy atom. The number of hydrogen-bond acceptors (Lipinski definition) is 3. The van der Waals surface area contributed by atoms with Crippen LogP contribution in [0, 0.1) is 0 Å². The zero-order valence-corrected chi connectivity index (χ0v) is 7.80. The molecule has 3 nitrogen and oxygen atoms in total. The molecule has 0 spiro atoms. The van der Waals surface area contributed by atoms with E-state index in [9.17, 15) is 9.59 Å². The molecule has 0 fully saturated rings. The molecule has 0 rings (SSSR count). The minimum Gasteiger partial charge on any atom is -0.304 e. The van der Waals surface area contributed by atoms with Crippen molar-refractivity contribution in [3.63, 3.8) is 0 Å². The van der Waals surface area contributed by atoms with E-state index in [0.29, 0.717) is 0 Å². The first kappa shape index (κ1) is 16.5. The number of aldehydes is 1. The van der Waals surface area contributed by atoms with E-state index in [0.717, 1.165) is 6.29 Å². The Morgan fingerprint density at radius 1 is 0.909 bits per heavy atom. The molecule has 0 aromatic heterocycles. The highest BCUT2D eigenvalue weighted by atomic mass is 16.1. The van der Waals surface area contributed by atoms with Crippen molar-refractivity contribution in [2.75, 3.05) is 0 Å². The van der Waals surface area contributed by atoms with Crippen molar-refractivity contribution < 1.29 is 14.4 Å². The molecule has 0 N–H and O–H groups in total. The van der Waals surface area contributed by atoms with E-state index < -0.39 is 0 Å². The van der Waals surface area contributed by atoms with Gasteiger partial charge in [0.15, 0.2) is 0 Å². The molecule has 0 saturated heterocycles. The van der Waals surface area contributed by atoms with Gasteiger partial charge in [-0.3, -0.25) is 0 Å². The summed E-state index contributed by atoms with van der Waals surface area (Å²) in [6.45, 7) is 7.56. The quantitative estimate of drug-likeness (QED) is 0.503. The van der Waals surface area contributed by atoms with Crippen LogP contribution in [0.3, 0.4) is 0 Å². The second-order valence-electron chi connectivity index (χ2n) is 2.05. The summed E-state index contributed by atoms with van der Waals surface area (Å²) < 4.78 is 0. The predicted molar refractivity (Wildman–Crippen MR) is 44.4 cm³/mol. The Labute approximate surface area is 67.8 Å². The van der Waals surface area contributed by atoms with Gasteiger partial charge < -0.3 is 14.4 Å². The van der Waals surface area contributed by atoms with Gasteiger partial charge in [0.2, 0.25) is 0 Å². The minimum absolute atomic E-state index is 0.167. The minimum atomic E-state index is 0.167. The summed E-state index contributed by atoms with van der Waals surface area (Å²) in [6, 6.07) is 0. The molecule has 0 unspecified atom stereocenters. The van der Waals surface area contributed by atoms with E-state index in [2.05, 4.69) is 0 Å². The third kappa shape index (κ3) is 452. The predicted octanol–water partition coefficient (Wildman–Crippen LogP) is 1.40. The van der Waals surface area contributed by atoms with Gasteiger partial charge in [-0.05, 0) is 34.6 Å².